The molecular weight excluding hydrogens is 498 g/mol. The van der Waals surface area contributed by atoms with Crippen LogP contribution in [0.4, 0.5) is 5.69 Å². The molecule has 7 atom stereocenters. The number of rotatable bonds is 9. The molecule has 0 aliphatic carbocycles. The van der Waals surface area contributed by atoms with Crippen molar-refractivity contribution in [2.45, 2.75) is 56.3 Å². The zero-order valence-corrected chi connectivity index (χ0v) is 21.8. The minimum atomic E-state index is -1.40. The highest BCUT2D eigenvalue weighted by Crippen LogP contribution is 2.45. The number of anilines is 1. The van der Waals surface area contributed by atoms with Gasteiger partial charge in [0, 0.05) is 12.1 Å². The van der Waals surface area contributed by atoms with Crippen molar-refractivity contribution in [2.24, 2.45) is 5.92 Å². The predicted molar refractivity (Wildman–Crippen MR) is 145 cm³/mol. The number of aliphatic hydroxyl groups is 4. The Morgan fingerprint density at radius 1 is 0.846 bits per heavy atom. The maximum Gasteiger partial charge on any atom is 0.233 e. The molecule has 0 aromatic heterocycles. The van der Waals surface area contributed by atoms with Crippen LogP contribution in [-0.4, -0.2) is 70.1 Å². The molecule has 3 aromatic rings. The topological polar surface area (TPSA) is 120 Å². The fourth-order valence-electron chi connectivity index (χ4n) is 5.46. The lowest BCUT2D eigenvalue weighted by Crippen LogP contribution is -2.59. The summed E-state index contributed by atoms with van der Waals surface area (Å²) in [4.78, 5) is 15.1. The fraction of sp³-hybridized carbons (Fsp3) is 0.387. The maximum absolute atomic E-state index is 13.3. The molecule has 0 spiro atoms. The summed E-state index contributed by atoms with van der Waals surface area (Å²) >= 11 is 0. The monoisotopic (exact) mass is 533 g/mol. The second kappa shape index (κ2) is 11.9. The normalized spacial score (nSPS) is 28.7. The van der Waals surface area contributed by atoms with Gasteiger partial charge in [-0.25, -0.2) is 0 Å². The van der Waals surface area contributed by atoms with Crippen molar-refractivity contribution in [3.8, 4) is 5.75 Å². The molecule has 2 fully saturated rings. The Kier molecular flexibility index (Phi) is 8.30. The lowest BCUT2D eigenvalue weighted by Gasteiger charge is -2.47. The number of β-lactam (4-membered cyclic amide) rings is 1. The van der Waals surface area contributed by atoms with E-state index in [1.807, 2.05) is 90.7 Å². The quantitative estimate of drug-likeness (QED) is 0.312. The van der Waals surface area contributed by atoms with Crippen molar-refractivity contribution in [3.63, 3.8) is 0 Å². The number of benzene rings is 3. The SMILES string of the molecule is Cc1ccc(N2C(=O)[C@H](CCOc3ccccc3)[C@H]2c2ccc(CC3O[C@H](CO)[C@@H](O)[C@H](O)[C@H]3O)cc2)cc1. The predicted octanol–water partition coefficient (Wildman–Crippen LogP) is 2.55. The minimum absolute atomic E-state index is 0.0610. The molecule has 0 bridgehead atoms. The van der Waals surface area contributed by atoms with Gasteiger partial charge in [0.2, 0.25) is 5.91 Å². The van der Waals surface area contributed by atoms with E-state index in [0.717, 1.165) is 28.1 Å². The third-order valence-corrected chi connectivity index (χ3v) is 7.72. The van der Waals surface area contributed by atoms with Gasteiger partial charge in [0.1, 0.15) is 30.2 Å². The molecule has 5 rings (SSSR count). The van der Waals surface area contributed by atoms with Crippen LogP contribution in [0, 0.1) is 12.8 Å². The minimum Gasteiger partial charge on any atom is -0.494 e. The van der Waals surface area contributed by atoms with Gasteiger partial charge in [-0.3, -0.25) is 4.79 Å². The summed E-state index contributed by atoms with van der Waals surface area (Å²) < 4.78 is 11.5. The molecule has 1 amide bonds. The highest BCUT2D eigenvalue weighted by atomic mass is 16.5. The highest BCUT2D eigenvalue weighted by Gasteiger charge is 2.48. The first-order chi connectivity index (χ1) is 18.9. The Hall–Kier alpha value is -3.27. The Morgan fingerprint density at radius 2 is 1.51 bits per heavy atom. The molecule has 4 N–H and O–H groups in total. The van der Waals surface area contributed by atoms with Crippen LogP contribution in [0.5, 0.6) is 5.75 Å². The van der Waals surface area contributed by atoms with E-state index in [0.29, 0.717) is 19.4 Å². The van der Waals surface area contributed by atoms with Crippen molar-refractivity contribution in [3.05, 3.63) is 95.6 Å². The Labute approximate surface area is 228 Å². The van der Waals surface area contributed by atoms with E-state index in [4.69, 9.17) is 9.47 Å². The summed E-state index contributed by atoms with van der Waals surface area (Å²) in [5.41, 5.74) is 3.81. The number of aliphatic hydroxyl groups excluding tert-OH is 4. The number of hydrogen-bond acceptors (Lipinski definition) is 7. The molecule has 2 aliphatic rings. The van der Waals surface area contributed by atoms with Crippen molar-refractivity contribution in [2.75, 3.05) is 18.1 Å². The van der Waals surface area contributed by atoms with Crippen LogP contribution in [0.1, 0.15) is 29.2 Å². The molecule has 0 saturated carbocycles. The van der Waals surface area contributed by atoms with Crippen LogP contribution in [0.25, 0.3) is 0 Å². The number of carbonyl (C=O) groups excluding carboxylic acids is 1. The van der Waals surface area contributed by atoms with E-state index in [1.165, 1.54) is 0 Å². The zero-order valence-electron chi connectivity index (χ0n) is 21.8. The molecular formula is C31H35NO7. The molecule has 8 nitrogen and oxygen atoms in total. The number of para-hydroxylation sites is 1. The van der Waals surface area contributed by atoms with Gasteiger partial charge in [-0.15, -0.1) is 0 Å². The van der Waals surface area contributed by atoms with E-state index in [1.54, 1.807) is 0 Å². The van der Waals surface area contributed by atoms with Crippen LogP contribution in [-0.2, 0) is 16.0 Å². The lowest BCUT2D eigenvalue weighted by atomic mass is 9.79. The zero-order chi connectivity index (χ0) is 27.5. The van der Waals surface area contributed by atoms with Crippen molar-refractivity contribution in [1.82, 2.24) is 0 Å². The van der Waals surface area contributed by atoms with E-state index in [-0.39, 0.29) is 17.9 Å². The standard InChI is InChI=1S/C31H35NO7/c1-19-7-13-22(14-8-19)32-27(24(31(32)37)15-16-38-23-5-3-2-4-6-23)21-11-9-20(10-12-21)17-25-28(34)30(36)29(35)26(18-33)39-25/h2-14,24-30,33-36H,15-18H2,1H3/t24-,25?,26-,27-,28+,29-,30-/m1/s1. The third kappa shape index (κ3) is 5.71. The van der Waals surface area contributed by atoms with E-state index >= 15 is 0 Å². The summed E-state index contributed by atoms with van der Waals surface area (Å²) in [5, 5.41) is 40.0. The van der Waals surface area contributed by atoms with E-state index in [9.17, 15) is 25.2 Å². The van der Waals surface area contributed by atoms with Crippen molar-refractivity contribution >= 4 is 11.6 Å². The van der Waals surface area contributed by atoms with Gasteiger partial charge in [-0.2, -0.15) is 0 Å². The van der Waals surface area contributed by atoms with Gasteiger partial charge in [-0.1, -0.05) is 60.2 Å². The summed E-state index contributed by atoms with van der Waals surface area (Å²) in [6, 6.07) is 25.1. The first kappa shape index (κ1) is 27.3. The summed E-state index contributed by atoms with van der Waals surface area (Å²) in [7, 11) is 0. The smallest absolute Gasteiger partial charge is 0.233 e. The number of ether oxygens (including phenoxy) is 2. The molecule has 3 aromatic carbocycles. The van der Waals surface area contributed by atoms with Gasteiger partial charge in [0.05, 0.1) is 31.3 Å². The van der Waals surface area contributed by atoms with Gasteiger partial charge in [0.25, 0.3) is 0 Å². The molecule has 39 heavy (non-hydrogen) atoms. The third-order valence-electron chi connectivity index (χ3n) is 7.72. The Bertz CT molecular complexity index is 1230. The second-order valence-corrected chi connectivity index (χ2v) is 10.4. The van der Waals surface area contributed by atoms with Gasteiger partial charge < -0.3 is 34.8 Å². The van der Waals surface area contributed by atoms with Gasteiger partial charge in [-0.05, 0) is 48.7 Å². The number of hydrogen-bond donors (Lipinski definition) is 4. The van der Waals surface area contributed by atoms with Crippen LogP contribution in [0.2, 0.25) is 0 Å². The maximum atomic E-state index is 13.3. The summed E-state index contributed by atoms with van der Waals surface area (Å²) in [6.45, 7) is 1.98. The Balaban J connectivity index is 1.32. The molecule has 8 heteroatoms. The van der Waals surface area contributed by atoms with Gasteiger partial charge >= 0.3 is 0 Å². The van der Waals surface area contributed by atoms with E-state index in [2.05, 4.69) is 0 Å². The fourth-order valence-corrected chi connectivity index (χ4v) is 5.46. The molecule has 0 radical (unpaired) electrons. The number of nitrogens with zero attached hydrogens (tertiary/aromatic N) is 1. The first-order valence-electron chi connectivity index (χ1n) is 13.3. The average molecular weight is 534 g/mol. The molecule has 2 heterocycles. The molecule has 1 unspecified atom stereocenters. The largest absolute Gasteiger partial charge is 0.494 e. The van der Waals surface area contributed by atoms with Crippen molar-refractivity contribution < 1.29 is 34.7 Å². The van der Waals surface area contributed by atoms with Crippen molar-refractivity contribution in [1.29, 1.82) is 0 Å². The number of carbonyl (C=O) groups is 1. The summed E-state index contributed by atoms with van der Waals surface area (Å²) in [5.74, 6) is 0.603. The van der Waals surface area contributed by atoms with Crippen LogP contribution < -0.4 is 9.64 Å². The van der Waals surface area contributed by atoms with Crippen LogP contribution >= 0.6 is 0 Å². The molecule has 206 valence electrons. The molecule has 2 saturated heterocycles. The summed E-state index contributed by atoms with van der Waals surface area (Å²) in [6.07, 6.45) is -4.90. The van der Waals surface area contributed by atoms with Gasteiger partial charge in [0.15, 0.2) is 0 Å². The Morgan fingerprint density at radius 3 is 2.18 bits per heavy atom. The van der Waals surface area contributed by atoms with Crippen LogP contribution in [0.15, 0.2) is 78.9 Å². The average Bonchev–Trinajstić information content (AvgIpc) is 2.96. The van der Waals surface area contributed by atoms with Crippen LogP contribution in [0.3, 0.4) is 0 Å². The number of aryl methyl sites for hydroxylation is 1. The first-order valence-corrected chi connectivity index (χ1v) is 13.3. The lowest BCUT2D eigenvalue weighted by molar-refractivity contribution is -0.228. The number of amides is 1. The molecule has 2 aliphatic heterocycles. The second-order valence-electron chi connectivity index (χ2n) is 10.4. The van der Waals surface area contributed by atoms with E-state index < -0.39 is 37.1 Å². The highest BCUT2D eigenvalue weighted by molar-refractivity contribution is 6.03.